The highest BCUT2D eigenvalue weighted by molar-refractivity contribution is 7.90. The number of aromatic nitrogens is 2. The first kappa shape index (κ1) is 28.4. The minimum absolute atomic E-state index is 0.0968. The first-order chi connectivity index (χ1) is 18.6. The molecule has 0 saturated carbocycles. The topological polar surface area (TPSA) is 117 Å². The molecular formula is C28H32FN3O6S. The van der Waals surface area contributed by atoms with Gasteiger partial charge in [-0.15, -0.1) is 0 Å². The quantitative estimate of drug-likeness (QED) is 0.382. The molecule has 0 bridgehead atoms. The van der Waals surface area contributed by atoms with Gasteiger partial charge < -0.3 is 14.2 Å². The molecule has 9 nitrogen and oxygen atoms in total. The van der Waals surface area contributed by atoms with Crippen LogP contribution in [0, 0.1) is 18.7 Å². The van der Waals surface area contributed by atoms with Crippen molar-refractivity contribution in [2.24, 2.45) is 5.92 Å². The van der Waals surface area contributed by atoms with Crippen LogP contribution in [-0.2, 0) is 14.8 Å². The van der Waals surface area contributed by atoms with E-state index in [1.165, 1.54) is 36.4 Å². The Hall–Kier alpha value is -3.57. The van der Waals surface area contributed by atoms with Crippen molar-refractivity contribution in [2.75, 3.05) is 19.8 Å². The molecule has 0 spiro atoms. The number of amides is 1. The second kappa shape index (κ2) is 12.5. The Balaban J connectivity index is 1.65. The first-order valence-electron chi connectivity index (χ1n) is 12.8. The van der Waals surface area contributed by atoms with Gasteiger partial charge in [-0.1, -0.05) is 19.9 Å². The summed E-state index contributed by atoms with van der Waals surface area (Å²) >= 11 is 0. The number of aryl methyl sites for hydroxylation is 1. The number of hydrogen-bond acceptors (Lipinski definition) is 8. The summed E-state index contributed by atoms with van der Waals surface area (Å²) in [7, 11) is -4.25. The monoisotopic (exact) mass is 557 g/mol. The number of benzene rings is 1. The third-order valence-corrected chi connectivity index (χ3v) is 7.13. The van der Waals surface area contributed by atoms with Gasteiger partial charge in [0.2, 0.25) is 5.88 Å². The predicted molar refractivity (Wildman–Crippen MR) is 143 cm³/mol. The maximum Gasteiger partial charge on any atom is 0.281 e. The zero-order valence-electron chi connectivity index (χ0n) is 22.1. The van der Waals surface area contributed by atoms with Gasteiger partial charge in [0.25, 0.3) is 15.9 Å². The van der Waals surface area contributed by atoms with E-state index in [1.807, 2.05) is 18.6 Å². The van der Waals surface area contributed by atoms with Gasteiger partial charge in [0.15, 0.2) is 5.03 Å². The number of sulfonamides is 1. The number of carbonyl (C=O) groups is 1. The van der Waals surface area contributed by atoms with Crippen molar-refractivity contribution in [3.63, 3.8) is 0 Å². The minimum Gasteiger partial charge on any atom is -0.493 e. The van der Waals surface area contributed by atoms with Crippen LogP contribution in [0.15, 0.2) is 53.6 Å². The Morgan fingerprint density at radius 3 is 2.67 bits per heavy atom. The molecule has 3 aromatic rings. The largest absolute Gasteiger partial charge is 0.493 e. The molecule has 1 aliphatic rings. The van der Waals surface area contributed by atoms with Crippen LogP contribution in [0.4, 0.5) is 4.39 Å². The lowest BCUT2D eigenvalue weighted by Gasteiger charge is -2.23. The first-order valence-corrected chi connectivity index (χ1v) is 14.3. The van der Waals surface area contributed by atoms with E-state index in [-0.39, 0.29) is 35.1 Å². The lowest BCUT2D eigenvalue weighted by atomic mass is 10.1. The standard InChI is InChI=1S/C28H32FN3O6S/c1-18(2)16-37-23-14-20(13-21(29)15-23)25-11-10-24(28(31-25)38-17-22-8-4-5-12-36-22)27(33)32-39(34,35)26-9-6-7-19(3)30-26/h6-7,9-11,13-15,18,22H,4-5,8,12,16-17H2,1-3H3,(H,32,33). The van der Waals surface area contributed by atoms with Gasteiger partial charge in [0, 0.05) is 23.9 Å². The Morgan fingerprint density at radius 2 is 1.95 bits per heavy atom. The highest BCUT2D eigenvalue weighted by Crippen LogP contribution is 2.29. The molecule has 1 fully saturated rings. The molecule has 1 atom stereocenters. The predicted octanol–water partition coefficient (Wildman–Crippen LogP) is 4.69. The molecule has 4 rings (SSSR count). The highest BCUT2D eigenvalue weighted by atomic mass is 32.2. The van der Waals surface area contributed by atoms with Gasteiger partial charge in [0.05, 0.1) is 18.4 Å². The molecule has 1 amide bonds. The van der Waals surface area contributed by atoms with Crippen LogP contribution in [0.25, 0.3) is 11.3 Å². The SMILES string of the molecule is Cc1cccc(S(=O)(=O)NC(=O)c2ccc(-c3cc(F)cc(OCC(C)C)c3)nc2OCC2CCCCO2)n1. The van der Waals surface area contributed by atoms with Crippen LogP contribution in [-0.4, -0.2) is 50.2 Å². The summed E-state index contributed by atoms with van der Waals surface area (Å²) in [6, 6.07) is 11.6. The summed E-state index contributed by atoms with van der Waals surface area (Å²) in [4.78, 5) is 21.6. The fourth-order valence-corrected chi connectivity index (χ4v) is 4.93. The third kappa shape index (κ3) is 7.73. The molecule has 1 N–H and O–H groups in total. The molecule has 0 aliphatic carbocycles. The maximum absolute atomic E-state index is 14.4. The molecule has 1 unspecified atom stereocenters. The Bertz CT molecular complexity index is 1420. The third-order valence-electron chi connectivity index (χ3n) is 5.90. The minimum atomic E-state index is -4.25. The second-order valence-corrected chi connectivity index (χ2v) is 11.4. The zero-order chi connectivity index (χ0) is 28.0. The second-order valence-electron chi connectivity index (χ2n) is 9.78. The summed E-state index contributed by atoms with van der Waals surface area (Å²) < 4.78 is 59.4. The molecule has 1 saturated heterocycles. The number of nitrogens with zero attached hydrogens (tertiary/aromatic N) is 2. The van der Waals surface area contributed by atoms with Crippen LogP contribution < -0.4 is 14.2 Å². The van der Waals surface area contributed by atoms with Crippen molar-refractivity contribution >= 4 is 15.9 Å². The lowest BCUT2D eigenvalue weighted by molar-refractivity contribution is -0.0120. The molecule has 0 radical (unpaired) electrons. The average molecular weight is 558 g/mol. The summed E-state index contributed by atoms with van der Waals surface area (Å²) in [5, 5.41) is -0.285. The van der Waals surface area contributed by atoms with Crippen molar-refractivity contribution in [1.29, 1.82) is 0 Å². The fraction of sp³-hybridized carbons (Fsp3) is 0.393. The van der Waals surface area contributed by atoms with Crippen LogP contribution in [0.1, 0.15) is 49.2 Å². The molecule has 1 aliphatic heterocycles. The van der Waals surface area contributed by atoms with Crippen LogP contribution in [0.3, 0.4) is 0 Å². The van der Waals surface area contributed by atoms with E-state index in [4.69, 9.17) is 14.2 Å². The molecule has 3 heterocycles. The lowest BCUT2D eigenvalue weighted by Crippen LogP contribution is -2.32. The van der Waals surface area contributed by atoms with Crippen molar-refractivity contribution in [3.05, 3.63) is 65.6 Å². The normalized spacial score (nSPS) is 15.7. The van der Waals surface area contributed by atoms with Gasteiger partial charge in [-0.2, -0.15) is 8.42 Å². The zero-order valence-corrected chi connectivity index (χ0v) is 23.0. The number of nitrogens with one attached hydrogen (secondary N) is 1. The molecule has 2 aromatic heterocycles. The summed E-state index contributed by atoms with van der Waals surface area (Å²) in [5.41, 5.74) is 1.12. The van der Waals surface area contributed by atoms with E-state index in [1.54, 1.807) is 19.1 Å². The van der Waals surface area contributed by atoms with Gasteiger partial charge >= 0.3 is 0 Å². The van der Waals surface area contributed by atoms with Gasteiger partial charge in [-0.05, 0) is 68.5 Å². The van der Waals surface area contributed by atoms with Crippen molar-refractivity contribution in [2.45, 2.75) is 51.2 Å². The Kier molecular flexibility index (Phi) is 9.13. The Morgan fingerprint density at radius 1 is 1.13 bits per heavy atom. The van der Waals surface area contributed by atoms with Gasteiger partial charge in [0.1, 0.15) is 23.7 Å². The summed E-state index contributed by atoms with van der Waals surface area (Å²) in [6.07, 6.45) is 2.54. The van der Waals surface area contributed by atoms with Crippen molar-refractivity contribution in [3.8, 4) is 22.9 Å². The number of pyridine rings is 2. The summed E-state index contributed by atoms with van der Waals surface area (Å²) in [6.45, 7) is 6.76. The molecule has 11 heteroatoms. The van der Waals surface area contributed by atoms with Crippen molar-refractivity contribution < 1.29 is 31.8 Å². The van der Waals surface area contributed by atoms with Crippen LogP contribution >= 0.6 is 0 Å². The van der Waals surface area contributed by atoms with Crippen LogP contribution in [0.2, 0.25) is 0 Å². The van der Waals surface area contributed by atoms with E-state index in [9.17, 15) is 17.6 Å². The number of ether oxygens (including phenoxy) is 3. The van der Waals surface area contributed by atoms with E-state index in [2.05, 4.69) is 9.97 Å². The molecular weight excluding hydrogens is 525 g/mol. The fourth-order valence-electron chi connectivity index (χ4n) is 3.95. The van der Waals surface area contributed by atoms with Gasteiger partial charge in [-0.25, -0.2) is 19.1 Å². The van der Waals surface area contributed by atoms with E-state index >= 15 is 0 Å². The highest BCUT2D eigenvalue weighted by Gasteiger charge is 2.25. The van der Waals surface area contributed by atoms with E-state index in [0.29, 0.717) is 35.9 Å². The number of rotatable bonds is 10. The average Bonchev–Trinajstić information content (AvgIpc) is 2.90. The van der Waals surface area contributed by atoms with Crippen LogP contribution in [0.5, 0.6) is 11.6 Å². The molecule has 39 heavy (non-hydrogen) atoms. The molecule has 1 aromatic carbocycles. The van der Waals surface area contributed by atoms with Gasteiger partial charge in [-0.3, -0.25) is 4.79 Å². The number of halogens is 1. The summed E-state index contributed by atoms with van der Waals surface area (Å²) in [5.74, 6) is -0.944. The van der Waals surface area contributed by atoms with E-state index < -0.39 is 21.7 Å². The molecule has 208 valence electrons. The Labute approximate surface area is 227 Å². The smallest absolute Gasteiger partial charge is 0.281 e. The number of hydrogen-bond donors (Lipinski definition) is 1. The number of carbonyl (C=O) groups excluding carboxylic acids is 1. The maximum atomic E-state index is 14.4. The van der Waals surface area contributed by atoms with E-state index in [0.717, 1.165) is 19.3 Å². The van der Waals surface area contributed by atoms with Crippen molar-refractivity contribution in [1.82, 2.24) is 14.7 Å².